The molecule has 1 unspecified atom stereocenters. The van der Waals surface area contributed by atoms with Crippen LogP contribution in [0.1, 0.15) is 12.1 Å². The molecule has 1 aliphatic heterocycles. The van der Waals surface area contributed by atoms with Crippen molar-refractivity contribution in [1.29, 1.82) is 0 Å². The molecule has 1 aromatic carbocycles. The van der Waals surface area contributed by atoms with Crippen molar-refractivity contribution in [3.8, 4) is 17.4 Å². The van der Waals surface area contributed by atoms with Gasteiger partial charge in [-0.1, -0.05) is 6.07 Å². The molecule has 1 atom stereocenters. The number of anilines is 1. The van der Waals surface area contributed by atoms with Gasteiger partial charge < -0.3 is 24.4 Å². The average molecular weight is 357 g/mol. The molecule has 0 aliphatic carbocycles. The Hall–Kier alpha value is -2.96. The van der Waals surface area contributed by atoms with Gasteiger partial charge in [0, 0.05) is 36.5 Å². The summed E-state index contributed by atoms with van der Waals surface area (Å²) < 4.78 is 16.3. The summed E-state index contributed by atoms with van der Waals surface area (Å²) in [7, 11) is 3.13. The second kappa shape index (κ2) is 7.95. The number of aromatic nitrogens is 1. The molecule has 138 valence electrons. The molecule has 0 bridgehead atoms. The number of rotatable bonds is 5. The smallest absolute Gasteiger partial charge is 0.321 e. The Kier molecular flexibility index (Phi) is 5.46. The molecule has 0 radical (unpaired) electrons. The van der Waals surface area contributed by atoms with Crippen molar-refractivity contribution < 1.29 is 19.0 Å². The number of pyridine rings is 1. The number of nitrogens with zero attached hydrogens (tertiary/aromatic N) is 2. The highest BCUT2D eigenvalue weighted by molar-refractivity contribution is 5.90. The van der Waals surface area contributed by atoms with Crippen molar-refractivity contribution >= 4 is 11.7 Å². The Morgan fingerprint density at radius 1 is 1.19 bits per heavy atom. The number of carbonyl (C=O) groups is 1. The van der Waals surface area contributed by atoms with Crippen molar-refractivity contribution in [2.24, 2.45) is 0 Å². The average Bonchev–Trinajstić information content (AvgIpc) is 3.10. The van der Waals surface area contributed by atoms with Gasteiger partial charge in [-0.2, -0.15) is 0 Å². The van der Waals surface area contributed by atoms with Crippen molar-refractivity contribution in [1.82, 2.24) is 9.88 Å². The lowest BCUT2D eigenvalue weighted by Gasteiger charge is -2.18. The molecular weight excluding hydrogens is 334 g/mol. The standard InChI is InChI=1S/C19H23N3O4/c1-13-5-4-6-18(20-13)26-15-9-10-22(12-15)19(23)21-14-7-8-16(24-2)17(11-14)25-3/h4-8,11,15H,9-10,12H2,1-3H3,(H,21,23). The molecule has 26 heavy (non-hydrogen) atoms. The van der Waals surface area contributed by atoms with Gasteiger partial charge in [0.1, 0.15) is 6.10 Å². The van der Waals surface area contributed by atoms with E-state index in [9.17, 15) is 4.79 Å². The summed E-state index contributed by atoms with van der Waals surface area (Å²) in [6.07, 6.45) is 0.718. The number of hydrogen-bond donors (Lipinski definition) is 1. The van der Waals surface area contributed by atoms with Gasteiger partial charge in [0.2, 0.25) is 5.88 Å². The Labute approximate surface area is 152 Å². The number of urea groups is 1. The summed E-state index contributed by atoms with van der Waals surface area (Å²) in [6.45, 7) is 3.08. The minimum atomic E-state index is -0.166. The number of aryl methyl sites for hydroxylation is 1. The SMILES string of the molecule is COc1ccc(NC(=O)N2CCC(Oc3cccc(C)n3)C2)cc1OC. The van der Waals surface area contributed by atoms with Crippen LogP contribution in [0.25, 0.3) is 0 Å². The Balaban J connectivity index is 1.58. The van der Waals surface area contributed by atoms with Gasteiger partial charge in [0.25, 0.3) is 0 Å². The zero-order valence-corrected chi connectivity index (χ0v) is 15.2. The van der Waals surface area contributed by atoms with E-state index in [0.717, 1.165) is 12.1 Å². The van der Waals surface area contributed by atoms with Crippen LogP contribution in [0.4, 0.5) is 10.5 Å². The van der Waals surface area contributed by atoms with Gasteiger partial charge in [0.15, 0.2) is 11.5 Å². The number of ether oxygens (including phenoxy) is 3. The third kappa shape index (κ3) is 4.17. The van der Waals surface area contributed by atoms with Crippen LogP contribution in [0.15, 0.2) is 36.4 Å². The van der Waals surface area contributed by atoms with Crippen LogP contribution in [0.2, 0.25) is 0 Å². The first-order chi connectivity index (χ1) is 12.6. The normalized spacial score (nSPS) is 16.3. The summed E-state index contributed by atoms with van der Waals surface area (Å²) >= 11 is 0. The fourth-order valence-electron chi connectivity index (χ4n) is 2.88. The van der Waals surface area contributed by atoms with Crippen molar-refractivity contribution in [3.63, 3.8) is 0 Å². The summed E-state index contributed by atoms with van der Waals surface area (Å²) in [5.74, 6) is 1.78. The van der Waals surface area contributed by atoms with Crippen LogP contribution < -0.4 is 19.5 Å². The molecule has 1 N–H and O–H groups in total. The number of carbonyl (C=O) groups excluding carboxylic acids is 1. The molecule has 0 saturated carbocycles. The first-order valence-electron chi connectivity index (χ1n) is 8.47. The fourth-order valence-corrected chi connectivity index (χ4v) is 2.88. The van der Waals surface area contributed by atoms with E-state index in [2.05, 4.69) is 10.3 Å². The highest BCUT2D eigenvalue weighted by atomic mass is 16.5. The monoisotopic (exact) mass is 357 g/mol. The van der Waals surface area contributed by atoms with E-state index >= 15 is 0 Å². The lowest BCUT2D eigenvalue weighted by molar-refractivity contribution is 0.189. The van der Waals surface area contributed by atoms with Crippen LogP contribution in [0, 0.1) is 6.92 Å². The van der Waals surface area contributed by atoms with Gasteiger partial charge in [-0.25, -0.2) is 9.78 Å². The maximum absolute atomic E-state index is 12.5. The van der Waals surface area contributed by atoms with E-state index in [1.165, 1.54) is 0 Å². The molecule has 1 aliphatic rings. The van der Waals surface area contributed by atoms with E-state index in [-0.39, 0.29) is 12.1 Å². The highest BCUT2D eigenvalue weighted by Crippen LogP contribution is 2.30. The van der Waals surface area contributed by atoms with Crippen LogP contribution in [-0.4, -0.2) is 49.3 Å². The lowest BCUT2D eigenvalue weighted by Crippen LogP contribution is -2.34. The first kappa shape index (κ1) is 17.8. The van der Waals surface area contributed by atoms with E-state index in [1.54, 1.807) is 37.3 Å². The number of benzene rings is 1. The first-order valence-corrected chi connectivity index (χ1v) is 8.47. The van der Waals surface area contributed by atoms with Crippen LogP contribution in [0.3, 0.4) is 0 Å². The van der Waals surface area contributed by atoms with Gasteiger partial charge in [-0.15, -0.1) is 0 Å². The minimum Gasteiger partial charge on any atom is -0.493 e. The Morgan fingerprint density at radius 2 is 2.00 bits per heavy atom. The van der Waals surface area contributed by atoms with Crippen LogP contribution in [-0.2, 0) is 0 Å². The van der Waals surface area contributed by atoms with E-state index < -0.39 is 0 Å². The predicted octanol–water partition coefficient (Wildman–Crippen LogP) is 3.09. The molecular formula is C19H23N3O4. The summed E-state index contributed by atoms with van der Waals surface area (Å²) in [5, 5.41) is 2.88. The zero-order chi connectivity index (χ0) is 18.5. The van der Waals surface area contributed by atoms with Gasteiger partial charge in [-0.05, 0) is 25.1 Å². The summed E-state index contributed by atoms with van der Waals surface area (Å²) in [6, 6.07) is 10.8. The second-order valence-electron chi connectivity index (χ2n) is 6.09. The number of likely N-dealkylation sites (tertiary alicyclic amines) is 1. The van der Waals surface area contributed by atoms with Crippen molar-refractivity contribution in [2.45, 2.75) is 19.4 Å². The Bertz CT molecular complexity index is 781. The maximum Gasteiger partial charge on any atom is 0.321 e. The molecule has 1 aromatic heterocycles. The van der Waals surface area contributed by atoms with Crippen molar-refractivity contribution in [3.05, 3.63) is 42.1 Å². The second-order valence-corrected chi connectivity index (χ2v) is 6.09. The van der Waals surface area contributed by atoms with Crippen molar-refractivity contribution in [2.75, 3.05) is 32.6 Å². The number of amides is 2. The summed E-state index contributed by atoms with van der Waals surface area (Å²) in [5.41, 5.74) is 1.56. The van der Waals surface area contributed by atoms with E-state index in [4.69, 9.17) is 14.2 Å². The van der Waals surface area contributed by atoms with Crippen LogP contribution >= 0.6 is 0 Å². The third-order valence-electron chi connectivity index (χ3n) is 4.22. The molecule has 1 saturated heterocycles. The molecule has 2 aromatic rings. The zero-order valence-electron chi connectivity index (χ0n) is 15.2. The molecule has 2 amide bonds. The Morgan fingerprint density at radius 3 is 2.73 bits per heavy atom. The highest BCUT2D eigenvalue weighted by Gasteiger charge is 2.28. The maximum atomic E-state index is 12.5. The van der Waals surface area contributed by atoms with Gasteiger partial charge >= 0.3 is 6.03 Å². The predicted molar refractivity (Wildman–Crippen MR) is 98.1 cm³/mol. The molecule has 0 spiro atoms. The summed E-state index contributed by atoms with van der Waals surface area (Å²) in [4.78, 5) is 18.6. The number of methoxy groups -OCH3 is 2. The quantitative estimate of drug-likeness (QED) is 0.890. The molecule has 3 rings (SSSR count). The van der Waals surface area contributed by atoms with E-state index in [1.807, 2.05) is 25.1 Å². The topological polar surface area (TPSA) is 72.9 Å². The lowest BCUT2D eigenvalue weighted by atomic mass is 10.3. The van der Waals surface area contributed by atoms with Gasteiger partial charge in [-0.3, -0.25) is 0 Å². The molecule has 7 heteroatoms. The largest absolute Gasteiger partial charge is 0.493 e. The fraction of sp³-hybridized carbons (Fsp3) is 0.368. The van der Waals surface area contributed by atoms with E-state index in [0.29, 0.717) is 36.2 Å². The molecule has 1 fully saturated rings. The van der Waals surface area contributed by atoms with Crippen LogP contribution in [0.5, 0.6) is 17.4 Å². The third-order valence-corrected chi connectivity index (χ3v) is 4.22. The molecule has 2 heterocycles. The number of nitrogens with one attached hydrogen (secondary N) is 1. The molecule has 7 nitrogen and oxygen atoms in total. The number of hydrogen-bond acceptors (Lipinski definition) is 5. The minimum absolute atomic E-state index is 0.0551. The van der Waals surface area contributed by atoms with Gasteiger partial charge in [0.05, 0.1) is 20.8 Å².